The molecule has 4 heteroatoms. The first-order valence-corrected chi connectivity index (χ1v) is 7.05. The van der Waals surface area contributed by atoms with E-state index in [4.69, 9.17) is 10.5 Å². The largest absolute Gasteiger partial charge is 0.367 e. The molecule has 0 heterocycles. The highest BCUT2D eigenvalue weighted by Gasteiger charge is 2.23. The first kappa shape index (κ1) is 16.7. The van der Waals surface area contributed by atoms with E-state index >= 15 is 0 Å². The Morgan fingerprint density at radius 1 is 1.30 bits per heavy atom. The number of hydrogen-bond donors (Lipinski definition) is 1. The van der Waals surface area contributed by atoms with E-state index in [1.165, 1.54) is 0 Å². The summed E-state index contributed by atoms with van der Waals surface area (Å²) in [6.45, 7) is 4.83. The Morgan fingerprint density at radius 3 is 2.40 bits per heavy atom. The van der Waals surface area contributed by atoms with Gasteiger partial charge >= 0.3 is 0 Å². The summed E-state index contributed by atoms with van der Waals surface area (Å²) in [5, 5.41) is 0. The van der Waals surface area contributed by atoms with Crippen LogP contribution in [0.1, 0.15) is 31.9 Å². The number of amides is 1. The van der Waals surface area contributed by atoms with E-state index in [1.54, 1.807) is 19.1 Å². The molecular weight excluding hydrogens is 252 g/mol. The molecule has 2 unspecified atom stereocenters. The van der Waals surface area contributed by atoms with Gasteiger partial charge in [0.1, 0.15) is 0 Å². The number of nitrogens with zero attached hydrogens (tertiary/aromatic N) is 1. The summed E-state index contributed by atoms with van der Waals surface area (Å²) in [6, 6.07) is 9.65. The molecule has 0 aromatic heterocycles. The van der Waals surface area contributed by atoms with Crippen LogP contribution in [0.25, 0.3) is 0 Å². The minimum absolute atomic E-state index is 0.0327. The maximum atomic E-state index is 12.4. The van der Waals surface area contributed by atoms with Crippen molar-refractivity contribution in [2.45, 2.75) is 32.4 Å². The standard InChI is InChI=1S/C16H26N2O2/c1-12(2)14(17)10-11-18(3)16(19)15(20-4)13-8-6-5-7-9-13/h5-9,12,14-15H,10-11,17H2,1-4H3. The van der Waals surface area contributed by atoms with E-state index in [0.717, 1.165) is 12.0 Å². The molecule has 1 aromatic carbocycles. The van der Waals surface area contributed by atoms with Crippen molar-refractivity contribution >= 4 is 5.91 Å². The summed E-state index contributed by atoms with van der Waals surface area (Å²) in [5.41, 5.74) is 6.89. The molecule has 20 heavy (non-hydrogen) atoms. The van der Waals surface area contributed by atoms with Crippen LogP contribution in [0.15, 0.2) is 30.3 Å². The third-order valence-corrected chi connectivity index (χ3v) is 3.59. The Kier molecular flexibility index (Phi) is 6.68. The molecule has 4 nitrogen and oxygen atoms in total. The number of carbonyl (C=O) groups excluding carboxylic acids is 1. The van der Waals surface area contributed by atoms with Crippen molar-refractivity contribution < 1.29 is 9.53 Å². The minimum atomic E-state index is -0.545. The van der Waals surface area contributed by atoms with Crippen LogP contribution in [0.5, 0.6) is 0 Å². The second-order valence-electron chi connectivity index (χ2n) is 5.48. The zero-order valence-electron chi connectivity index (χ0n) is 12.9. The lowest BCUT2D eigenvalue weighted by Crippen LogP contribution is -2.37. The molecule has 0 spiro atoms. The van der Waals surface area contributed by atoms with Crippen molar-refractivity contribution in [3.05, 3.63) is 35.9 Å². The molecule has 112 valence electrons. The molecule has 0 aliphatic carbocycles. The highest BCUT2D eigenvalue weighted by Crippen LogP contribution is 2.19. The predicted octanol–water partition coefficient (Wildman–Crippen LogP) is 2.21. The quantitative estimate of drug-likeness (QED) is 0.832. The summed E-state index contributed by atoms with van der Waals surface area (Å²) >= 11 is 0. The van der Waals surface area contributed by atoms with E-state index in [0.29, 0.717) is 12.5 Å². The molecule has 2 N–H and O–H groups in total. The summed E-state index contributed by atoms with van der Waals surface area (Å²) in [4.78, 5) is 14.1. The normalized spacial score (nSPS) is 14.1. The van der Waals surface area contributed by atoms with Gasteiger partial charge in [0.2, 0.25) is 0 Å². The summed E-state index contributed by atoms with van der Waals surface area (Å²) in [7, 11) is 3.35. The van der Waals surface area contributed by atoms with Gasteiger partial charge < -0.3 is 15.4 Å². The van der Waals surface area contributed by atoms with Gasteiger partial charge in [0.05, 0.1) is 0 Å². The SMILES string of the molecule is COC(C(=O)N(C)CCC(N)C(C)C)c1ccccc1. The summed E-state index contributed by atoms with van der Waals surface area (Å²) in [6.07, 6.45) is 0.252. The number of methoxy groups -OCH3 is 1. The van der Waals surface area contributed by atoms with Crippen molar-refractivity contribution in [1.82, 2.24) is 4.90 Å². The molecule has 0 aliphatic heterocycles. The Labute approximate surface area is 121 Å². The number of rotatable bonds is 7. The van der Waals surface area contributed by atoms with Gasteiger partial charge in [-0.2, -0.15) is 0 Å². The zero-order valence-corrected chi connectivity index (χ0v) is 12.9. The van der Waals surface area contributed by atoms with Gasteiger partial charge in [-0.25, -0.2) is 0 Å². The maximum Gasteiger partial charge on any atom is 0.256 e. The lowest BCUT2D eigenvalue weighted by Gasteiger charge is -2.25. The smallest absolute Gasteiger partial charge is 0.256 e. The molecular formula is C16H26N2O2. The number of likely N-dealkylation sites (N-methyl/N-ethyl adjacent to an activating group) is 1. The second-order valence-corrected chi connectivity index (χ2v) is 5.48. The van der Waals surface area contributed by atoms with Crippen LogP contribution in [0, 0.1) is 5.92 Å². The van der Waals surface area contributed by atoms with Crippen molar-refractivity contribution in [3.8, 4) is 0 Å². The number of hydrogen-bond acceptors (Lipinski definition) is 3. The van der Waals surface area contributed by atoms with Crippen LogP contribution in [-0.2, 0) is 9.53 Å². The van der Waals surface area contributed by atoms with Crippen molar-refractivity contribution in [2.24, 2.45) is 11.7 Å². The molecule has 0 aliphatic rings. The molecule has 0 bridgehead atoms. The number of benzene rings is 1. The van der Waals surface area contributed by atoms with E-state index in [1.807, 2.05) is 30.3 Å². The van der Waals surface area contributed by atoms with Crippen molar-refractivity contribution in [2.75, 3.05) is 20.7 Å². The van der Waals surface area contributed by atoms with E-state index in [-0.39, 0.29) is 11.9 Å². The third-order valence-electron chi connectivity index (χ3n) is 3.59. The highest BCUT2D eigenvalue weighted by molar-refractivity contribution is 5.82. The molecule has 0 fully saturated rings. The summed E-state index contributed by atoms with van der Waals surface area (Å²) < 4.78 is 5.35. The van der Waals surface area contributed by atoms with Crippen molar-refractivity contribution in [1.29, 1.82) is 0 Å². The fourth-order valence-corrected chi connectivity index (χ4v) is 1.99. The Hall–Kier alpha value is -1.39. The Bertz CT molecular complexity index is 406. The maximum absolute atomic E-state index is 12.4. The van der Waals surface area contributed by atoms with Gasteiger partial charge in [0.15, 0.2) is 6.10 Å². The van der Waals surface area contributed by atoms with Crippen LogP contribution >= 0.6 is 0 Å². The second kappa shape index (κ2) is 8.02. The Balaban J connectivity index is 2.62. The van der Waals surface area contributed by atoms with Gasteiger partial charge in [-0.15, -0.1) is 0 Å². The minimum Gasteiger partial charge on any atom is -0.367 e. The molecule has 2 atom stereocenters. The van der Waals surface area contributed by atoms with Gasteiger partial charge in [-0.3, -0.25) is 4.79 Å². The van der Waals surface area contributed by atoms with Crippen LogP contribution in [0.4, 0.5) is 0 Å². The fraction of sp³-hybridized carbons (Fsp3) is 0.562. The number of nitrogens with two attached hydrogens (primary N) is 1. The molecule has 1 rings (SSSR count). The van der Waals surface area contributed by atoms with Crippen LogP contribution in [0.3, 0.4) is 0 Å². The molecule has 1 amide bonds. The Morgan fingerprint density at radius 2 is 1.90 bits per heavy atom. The monoisotopic (exact) mass is 278 g/mol. The average Bonchev–Trinajstić information content (AvgIpc) is 2.45. The lowest BCUT2D eigenvalue weighted by molar-refractivity contribution is -0.141. The first-order chi connectivity index (χ1) is 9.47. The van der Waals surface area contributed by atoms with Gasteiger partial charge in [-0.1, -0.05) is 44.2 Å². The van der Waals surface area contributed by atoms with Crippen LogP contribution in [-0.4, -0.2) is 37.6 Å². The topological polar surface area (TPSA) is 55.6 Å². The lowest BCUT2D eigenvalue weighted by atomic mass is 10.0. The van der Waals surface area contributed by atoms with Gasteiger partial charge in [0, 0.05) is 26.7 Å². The van der Waals surface area contributed by atoms with E-state index in [2.05, 4.69) is 13.8 Å². The zero-order chi connectivity index (χ0) is 15.1. The molecule has 0 saturated carbocycles. The predicted molar refractivity (Wildman–Crippen MR) is 81.3 cm³/mol. The molecule has 0 radical (unpaired) electrons. The van der Waals surface area contributed by atoms with Gasteiger partial charge in [-0.05, 0) is 17.9 Å². The van der Waals surface area contributed by atoms with E-state index < -0.39 is 6.10 Å². The molecule has 1 aromatic rings. The van der Waals surface area contributed by atoms with Crippen LogP contribution in [0.2, 0.25) is 0 Å². The van der Waals surface area contributed by atoms with E-state index in [9.17, 15) is 4.79 Å². The highest BCUT2D eigenvalue weighted by atomic mass is 16.5. The summed E-state index contributed by atoms with van der Waals surface area (Å²) in [5.74, 6) is 0.389. The molecule has 0 saturated heterocycles. The average molecular weight is 278 g/mol. The van der Waals surface area contributed by atoms with Crippen LogP contribution < -0.4 is 5.73 Å². The number of carbonyl (C=O) groups is 1. The third kappa shape index (κ3) is 4.62. The first-order valence-electron chi connectivity index (χ1n) is 7.05. The fourth-order valence-electron chi connectivity index (χ4n) is 1.99. The number of ether oxygens (including phenoxy) is 1. The van der Waals surface area contributed by atoms with Crippen molar-refractivity contribution in [3.63, 3.8) is 0 Å². The van der Waals surface area contributed by atoms with Gasteiger partial charge in [0.25, 0.3) is 5.91 Å².